The molecule has 2 fully saturated rings. The van der Waals surface area contributed by atoms with Crippen LogP contribution >= 0.6 is 0 Å². The van der Waals surface area contributed by atoms with Crippen molar-refractivity contribution in [3.05, 3.63) is 0 Å². The molecule has 0 saturated carbocycles. The van der Waals surface area contributed by atoms with Crippen LogP contribution in [0, 0.1) is 11.3 Å². The number of urea groups is 1. The molecule has 0 aromatic carbocycles. The third-order valence-electron chi connectivity index (χ3n) is 3.70. The number of carboxylic acid groups (broad SMARTS) is 1. The highest BCUT2D eigenvalue weighted by molar-refractivity contribution is 5.74. The fourth-order valence-electron chi connectivity index (χ4n) is 2.61. The average molecular weight is 296 g/mol. The van der Waals surface area contributed by atoms with E-state index < -0.39 is 12.1 Å². The molecule has 0 aromatic heterocycles. The average Bonchev–Trinajstić information content (AvgIpc) is 2.71. The number of nitrogens with zero attached hydrogens (tertiary/aromatic N) is 4. The highest BCUT2D eigenvalue weighted by Crippen LogP contribution is 2.10. The lowest BCUT2D eigenvalue weighted by Crippen LogP contribution is -2.51. The molecule has 1 N–H and O–H groups in total. The number of rotatable bonds is 2. The summed E-state index contributed by atoms with van der Waals surface area (Å²) in [6.45, 7) is 3.55. The van der Waals surface area contributed by atoms with Gasteiger partial charge in [-0.05, 0) is 6.42 Å². The van der Waals surface area contributed by atoms with E-state index in [1.165, 1.54) is 0 Å². The van der Waals surface area contributed by atoms with E-state index in [9.17, 15) is 9.59 Å². The van der Waals surface area contributed by atoms with Crippen molar-refractivity contribution in [2.45, 2.75) is 12.5 Å². The first kappa shape index (κ1) is 15.5. The molecule has 2 saturated heterocycles. The van der Waals surface area contributed by atoms with Crippen molar-refractivity contribution in [3.8, 4) is 6.07 Å². The Morgan fingerprint density at radius 1 is 1.19 bits per heavy atom. The minimum atomic E-state index is -0.847. The zero-order chi connectivity index (χ0) is 15.2. The van der Waals surface area contributed by atoms with E-state index >= 15 is 0 Å². The number of nitriles is 1. The Morgan fingerprint density at radius 2 is 2.00 bits per heavy atom. The summed E-state index contributed by atoms with van der Waals surface area (Å²) < 4.78 is 5.23. The van der Waals surface area contributed by atoms with Crippen LogP contribution in [0.3, 0.4) is 0 Å². The number of carboxylic acids is 1. The quantitative estimate of drug-likeness (QED) is 0.732. The molecular formula is C13H20N4O4. The second kappa shape index (κ2) is 7.24. The summed E-state index contributed by atoms with van der Waals surface area (Å²) in [6, 6.07) is 1.94. The highest BCUT2D eigenvalue weighted by Gasteiger charge is 2.28. The standard InChI is InChI=1S/C13H20N4O4/c14-8-11-9-17(6-7-21-11)13(20)16-3-1-2-15(4-5-16)10-12(18)19/h11H,1-7,9-10H2,(H,18,19). The maximum absolute atomic E-state index is 12.4. The molecule has 0 aliphatic carbocycles. The molecule has 0 bridgehead atoms. The van der Waals surface area contributed by atoms with E-state index in [0.29, 0.717) is 45.9 Å². The Kier molecular flexibility index (Phi) is 5.36. The summed E-state index contributed by atoms with van der Waals surface area (Å²) in [5.74, 6) is -0.847. The number of aliphatic carboxylic acids is 1. The molecule has 21 heavy (non-hydrogen) atoms. The summed E-state index contributed by atoms with van der Waals surface area (Å²) in [5.41, 5.74) is 0. The lowest BCUT2D eigenvalue weighted by molar-refractivity contribution is -0.138. The number of morpholine rings is 1. The van der Waals surface area contributed by atoms with Crippen molar-refractivity contribution in [3.63, 3.8) is 0 Å². The van der Waals surface area contributed by atoms with Crippen LogP contribution in [0.25, 0.3) is 0 Å². The van der Waals surface area contributed by atoms with Crippen molar-refractivity contribution in [2.75, 3.05) is 52.4 Å². The van der Waals surface area contributed by atoms with Gasteiger partial charge in [0.25, 0.3) is 0 Å². The van der Waals surface area contributed by atoms with E-state index in [4.69, 9.17) is 15.1 Å². The number of carbonyl (C=O) groups is 2. The smallest absolute Gasteiger partial charge is 0.320 e. The number of hydrogen-bond donors (Lipinski definition) is 1. The third-order valence-corrected chi connectivity index (χ3v) is 3.70. The first-order valence-corrected chi connectivity index (χ1v) is 7.09. The van der Waals surface area contributed by atoms with Crippen molar-refractivity contribution < 1.29 is 19.4 Å². The molecule has 2 heterocycles. The molecular weight excluding hydrogens is 276 g/mol. The molecule has 0 radical (unpaired) electrons. The largest absolute Gasteiger partial charge is 0.480 e. The number of carbonyl (C=O) groups excluding carboxylic acids is 1. The summed E-state index contributed by atoms with van der Waals surface area (Å²) >= 11 is 0. The summed E-state index contributed by atoms with van der Waals surface area (Å²) in [6.07, 6.45) is 0.198. The molecule has 1 atom stereocenters. The first-order chi connectivity index (χ1) is 10.1. The monoisotopic (exact) mass is 296 g/mol. The van der Waals surface area contributed by atoms with Gasteiger partial charge in [-0.15, -0.1) is 0 Å². The fraction of sp³-hybridized carbons (Fsp3) is 0.769. The SMILES string of the molecule is N#CC1CN(C(=O)N2CCCN(CC(=O)O)CC2)CCO1. The van der Waals surface area contributed by atoms with Crippen LogP contribution in [-0.2, 0) is 9.53 Å². The van der Waals surface area contributed by atoms with Gasteiger partial charge in [0.15, 0.2) is 6.10 Å². The molecule has 116 valence electrons. The van der Waals surface area contributed by atoms with Gasteiger partial charge in [0.05, 0.1) is 25.8 Å². The second-order valence-corrected chi connectivity index (χ2v) is 5.23. The number of ether oxygens (including phenoxy) is 1. The first-order valence-electron chi connectivity index (χ1n) is 7.09. The molecule has 2 aliphatic heterocycles. The van der Waals surface area contributed by atoms with Gasteiger partial charge >= 0.3 is 12.0 Å². The van der Waals surface area contributed by atoms with E-state index in [1.54, 1.807) is 9.80 Å². The minimum Gasteiger partial charge on any atom is -0.480 e. The van der Waals surface area contributed by atoms with Gasteiger partial charge in [-0.2, -0.15) is 5.26 Å². The zero-order valence-corrected chi connectivity index (χ0v) is 11.9. The molecule has 0 spiro atoms. The Balaban J connectivity index is 1.88. The molecule has 1 unspecified atom stereocenters. The van der Waals surface area contributed by atoms with Crippen molar-refractivity contribution in [1.29, 1.82) is 5.26 Å². The van der Waals surface area contributed by atoms with Gasteiger partial charge in [0, 0.05) is 32.7 Å². The van der Waals surface area contributed by atoms with Crippen LogP contribution < -0.4 is 0 Å². The van der Waals surface area contributed by atoms with Crippen molar-refractivity contribution in [1.82, 2.24) is 14.7 Å². The molecule has 0 aromatic rings. The van der Waals surface area contributed by atoms with Crippen LogP contribution in [0.2, 0.25) is 0 Å². The van der Waals surface area contributed by atoms with E-state index in [0.717, 1.165) is 6.42 Å². The van der Waals surface area contributed by atoms with Gasteiger partial charge in [-0.3, -0.25) is 9.69 Å². The Hall–Kier alpha value is -1.85. The molecule has 8 nitrogen and oxygen atoms in total. The molecule has 2 amide bonds. The van der Waals surface area contributed by atoms with Crippen molar-refractivity contribution in [2.24, 2.45) is 0 Å². The predicted octanol–water partition coefficient (Wildman–Crippen LogP) is -0.577. The van der Waals surface area contributed by atoms with Gasteiger partial charge in [0.1, 0.15) is 0 Å². The summed E-state index contributed by atoms with van der Waals surface area (Å²) in [4.78, 5) is 28.4. The maximum Gasteiger partial charge on any atom is 0.320 e. The van der Waals surface area contributed by atoms with E-state index in [2.05, 4.69) is 0 Å². The Morgan fingerprint density at radius 3 is 2.71 bits per heavy atom. The predicted molar refractivity (Wildman–Crippen MR) is 72.6 cm³/mol. The zero-order valence-electron chi connectivity index (χ0n) is 11.9. The van der Waals surface area contributed by atoms with Crippen LogP contribution in [0.4, 0.5) is 4.79 Å². The normalized spacial score (nSPS) is 24.2. The molecule has 2 aliphatic rings. The Labute approximate surface area is 123 Å². The minimum absolute atomic E-state index is 0.0100. The van der Waals surface area contributed by atoms with Gasteiger partial charge in [-0.1, -0.05) is 0 Å². The van der Waals surface area contributed by atoms with Gasteiger partial charge in [0.2, 0.25) is 0 Å². The lowest BCUT2D eigenvalue weighted by atomic mass is 10.3. The second-order valence-electron chi connectivity index (χ2n) is 5.23. The topological polar surface area (TPSA) is 97.1 Å². The van der Waals surface area contributed by atoms with Crippen LogP contribution in [-0.4, -0.2) is 90.3 Å². The summed E-state index contributed by atoms with van der Waals surface area (Å²) in [7, 11) is 0. The number of amides is 2. The third kappa shape index (κ3) is 4.31. The maximum atomic E-state index is 12.4. The van der Waals surface area contributed by atoms with E-state index in [1.807, 2.05) is 11.0 Å². The van der Waals surface area contributed by atoms with E-state index in [-0.39, 0.29) is 12.6 Å². The molecule has 8 heteroatoms. The van der Waals surface area contributed by atoms with Crippen LogP contribution in [0.15, 0.2) is 0 Å². The Bertz CT molecular complexity index is 436. The summed E-state index contributed by atoms with van der Waals surface area (Å²) in [5, 5.41) is 17.7. The van der Waals surface area contributed by atoms with Crippen LogP contribution in [0.5, 0.6) is 0 Å². The van der Waals surface area contributed by atoms with Gasteiger partial charge in [-0.25, -0.2) is 4.79 Å². The van der Waals surface area contributed by atoms with Crippen molar-refractivity contribution >= 4 is 12.0 Å². The van der Waals surface area contributed by atoms with Gasteiger partial charge < -0.3 is 19.6 Å². The fourth-order valence-corrected chi connectivity index (χ4v) is 2.61. The highest BCUT2D eigenvalue weighted by atomic mass is 16.5. The van der Waals surface area contributed by atoms with Crippen LogP contribution in [0.1, 0.15) is 6.42 Å². The lowest BCUT2D eigenvalue weighted by Gasteiger charge is -2.34. The number of hydrogen-bond acceptors (Lipinski definition) is 5. The molecule has 2 rings (SSSR count).